The van der Waals surface area contributed by atoms with Crippen LogP contribution in [0, 0.1) is 13.8 Å². The van der Waals surface area contributed by atoms with Crippen molar-refractivity contribution in [3.8, 4) is 0 Å². The lowest BCUT2D eigenvalue weighted by molar-refractivity contribution is 0.0992. The van der Waals surface area contributed by atoms with Crippen molar-refractivity contribution in [2.75, 3.05) is 11.9 Å². The summed E-state index contributed by atoms with van der Waals surface area (Å²) < 4.78 is 0. The second-order valence-corrected chi connectivity index (χ2v) is 5.45. The highest BCUT2D eigenvalue weighted by Crippen LogP contribution is 2.23. The van der Waals surface area contributed by atoms with E-state index in [1.807, 2.05) is 56.3 Å². The topological polar surface area (TPSA) is 46.3 Å². The molecule has 0 aliphatic carbocycles. The predicted octanol–water partition coefficient (Wildman–Crippen LogP) is 3.21. The molecule has 0 spiro atoms. The fourth-order valence-corrected chi connectivity index (χ4v) is 2.58. The molecule has 0 saturated heterocycles. The second-order valence-electron chi connectivity index (χ2n) is 5.01. The van der Waals surface area contributed by atoms with Gasteiger partial charge in [0.15, 0.2) is 0 Å². The normalized spacial score (nSPS) is 10.2. The first kappa shape index (κ1) is 15.2. The van der Waals surface area contributed by atoms with Gasteiger partial charge < -0.3 is 10.6 Å². The minimum atomic E-state index is -0.0608. The molecule has 0 fully saturated rings. The van der Waals surface area contributed by atoms with E-state index in [1.54, 1.807) is 11.9 Å². The third-order valence-corrected chi connectivity index (χ3v) is 3.75. The summed E-state index contributed by atoms with van der Waals surface area (Å²) in [4.78, 5) is 14.7. The molecule has 108 valence electrons. The SMILES string of the molecule is Cc1cccc(C)c1C(=O)N(C)c1ccccc1C(N)=S. The number of hydrogen-bond donors (Lipinski definition) is 1. The Balaban J connectivity index is 2.48. The van der Waals surface area contributed by atoms with Crippen LogP contribution in [0.5, 0.6) is 0 Å². The van der Waals surface area contributed by atoms with Crippen molar-refractivity contribution in [3.05, 3.63) is 64.7 Å². The van der Waals surface area contributed by atoms with Crippen molar-refractivity contribution in [1.29, 1.82) is 0 Å². The van der Waals surface area contributed by atoms with Gasteiger partial charge in [-0.25, -0.2) is 0 Å². The molecule has 0 bridgehead atoms. The van der Waals surface area contributed by atoms with Crippen LogP contribution in [-0.4, -0.2) is 17.9 Å². The van der Waals surface area contributed by atoms with Gasteiger partial charge in [0.1, 0.15) is 4.99 Å². The van der Waals surface area contributed by atoms with Crippen molar-refractivity contribution in [2.24, 2.45) is 5.73 Å². The van der Waals surface area contributed by atoms with Gasteiger partial charge in [0.05, 0.1) is 5.69 Å². The zero-order valence-corrected chi connectivity index (χ0v) is 13.2. The Morgan fingerprint density at radius 3 is 2.19 bits per heavy atom. The first-order chi connectivity index (χ1) is 9.93. The molecule has 2 aromatic rings. The quantitative estimate of drug-likeness (QED) is 0.885. The Bertz CT molecular complexity index is 689. The van der Waals surface area contributed by atoms with Crippen LogP contribution in [0.25, 0.3) is 0 Å². The van der Waals surface area contributed by atoms with Crippen molar-refractivity contribution >= 4 is 28.8 Å². The van der Waals surface area contributed by atoms with Gasteiger partial charge in [-0.05, 0) is 37.1 Å². The highest BCUT2D eigenvalue weighted by atomic mass is 32.1. The third kappa shape index (κ3) is 2.95. The highest BCUT2D eigenvalue weighted by molar-refractivity contribution is 7.80. The van der Waals surface area contributed by atoms with Gasteiger partial charge in [0.25, 0.3) is 5.91 Å². The van der Waals surface area contributed by atoms with Gasteiger partial charge >= 0.3 is 0 Å². The third-order valence-electron chi connectivity index (χ3n) is 3.53. The van der Waals surface area contributed by atoms with Gasteiger partial charge in [0.2, 0.25) is 0 Å². The van der Waals surface area contributed by atoms with Crippen LogP contribution in [0.1, 0.15) is 27.0 Å². The molecule has 2 rings (SSSR count). The van der Waals surface area contributed by atoms with Crippen LogP contribution >= 0.6 is 12.2 Å². The van der Waals surface area contributed by atoms with Gasteiger partial charge in [-0.15, -0.1) is 0 Å². The molecule has 0 atom stereocenters. The van der Waals surface area contributed by atoms with E-state index in [1.165, 1.54) is 0 Å². The minimum absolute atomic E-state index is 0.0608. The molecular formula is C17H18N2OS. The summed E-state index contributed by atoms with van der Waals surface area (Å²) in [5, 5.41) is 0. The molecule has 3 nitrogen and oxygen atoms in total. The second kappa shape index (κ2) is 6.06. The molecular weight excluding hydrogens is 280 g/mol. The van der Waals surface area contributed by atoms with E-state index in [9.17, 15) is 4.79 Å². The Morgan fingerprint density at radius 2 is 1.62 bits per heavy atom. The molecule has 0 heterocycles. The molecule has 0 unspecified atom stereocenters. The number of benzene rings is 2. The van der Waals surface area contributed by atoms with Gasteiger partial charge in [-0.1, -0.05) is 42.5 Å². The molecule has 0 aliphatic heterocycles. The lowest BCUT2D eigenvalue weighted by Crippen LogP contribution is -2.29. The summed E-state index contributed by atoms with van der Waals surface area (Å²) in [5.74, 6) is -0.0608. The van der Waals surface area contributed by atoms with Crippen LogP contribution in [0.2, 0.25) is 0 Å². The Hall–Kier alpha value is -2.20. The van der Waals surface area contributed by atoms with Crippen molar-refractivity contribution in [2.45, 2.75) is 13.8 Å². The number of carbonyl (C=O) groups is 1. The average molecular weight is 298 g/mol. The molecule has 21 heavy (non-hydrogen) atoms. The number of amides is 1. The van der Waals surface area contributed by atoms with E-state index in [-0.39, 0.29) is 10.9 Å². The summed E-state index contributed by atoms with van der Waals surface area (Å²) >= 11 is 5.06. The number of aryl methyl sites for hydroxylation is 2. The van der Waals surface area contributed by atoms with E-state index in [2.05, 4.69) is 0 Å². The monoisotopic (exact) mass is 298 g/mol. The zero-order valence-electron chi connectivity index (χ0n) is 12.4. The minimum Gasteiger partial charge on any atom is -0.389 e. The predicted molar refractivity (Wildman–Crippen MR) is 91.0 cm³/mol. The largest absolute Gasteiger partial charge is 0.389 e. The number of anilines is 1. The fraction of sp³-hybridized carbons (Fsp3) is 0.176. The highest BCUT2D eigenvalue weighted by Gasteiger charge is 2.20. The van der Waals surface area contributed by atoms with E-state index in [4.69, 9.17) is 18.0 Å². The number of nitrogens with zero attached hydrogens (tertiary/aromatic N) is 1. The Morgan fingerprint density at radius 1 is 1.05 bits per heavy atom. The summed E-state index contributed by atoms with van der Waals surface area (Å²) in [5.41, 5.74) is 9.80. The first-order valence-electron chi connectivity index (χ1n) is 6.66. The molecule has 0 radical (unpaired) electrons. The van der Waals surface area contributed by atoms with Crippen LogP contribution in [0.15, 0.2) is 42.5 Å². The number of nitrogens with two attached hydrogens (primary N) is 1. The average Bonchev–Trinajstić information content (AvgIpc) is 2.46. The van der Waals surface area contributed by atoms with E-state index < -0.39 is 0 Å². The van der Waals surface area contributed by atoms with Crippen LogP contribution in [0.4, 0.5) is 5.69 Å². The van der Waals surface area contributed by atoms with Crippen LogP contribution in [0.3, 0.4) is 0 Å². The molecule has 2 aromatic carbocycles. The maximum atomic E-state index is 12.8. The maximum Gasteiger partial charge on any atom is 0.258 e. The molecule has 4 heteroatoms. The zero-order chi connectivity index (χ0) is 15.6. The van der Waals surface area contributed by atoms with Crippen molar-refractivity contribution < 1.29 is 4.79 Å². The molecule has 2 N–H and O–H groups in total. The summed E-state index contributed by atoms with van der Waals surface area (Å²) in [6.45, 7) is 3.88. The van der Waals surface area contributed by atoms with Crippen LogP contribution < -0.4 is 10.6 Å². The lowest BCUT2D eigenvalue weighted by atomic mass is 10.0. The summed E-state index contributed by atoms with van der Waals surface area (Å²) in [6, 6.07) is 13.2. The van der Waals surface area contributed by atoms with Gasteiger partial charge in [-0.3, -0.25) is 4.79 Å². The number of para-hydroxylation sites is 1. The van der Waals surface area contributed by atoms with Gasteiger partial charge in [-0.2, -0.15) is 0 Å². The van der Waals surface area contributed by atoms with E-state index in [0.29, 0.717) is 5.56 Å². The summed E-state index contributed by atoms with van der Waals surface area (Å²) in [6.07, 6.45) is 0. The number of rotatable bonds is 3. The lowest BCUT2D eigenvalue weighted by Gasteiger charge is -2.22. The Labute approximate surface area is 130 Å². The molecule has 1 amide bonds. The number of thiocarbonyl (C=S) groups is 1. The van der Waals surface area contributed by atoms with E-state index in [0.717, 1.165) is 22.4 Å². The first-order valence-corrected chi connectivity index (χ1v) is 7.07. The Kier molecular flexibility index (Phi) is 4.38. The standard InChI is InChI=1S/C17H18N2OS/c1-11-7-6-8-12(2)15(11)17(20)19(3)14-10-5-4-9-13(14)16(18)21/h4-10H,1-3H3,(H2,18,21). The molecule has 0 saturated carbocycles. The molecule has 0 aromatic heterocycles. The fourth-order valence-electron chi connectivity index (χ4n) is 2.40. The van der Waals surface area contributed by atoms with Crippen molar-refractivity contribution in [3.63, 3.8) is 0 Å². The smallest absolute Gasteiger partial charge is 0.258 e. The maximum absolute atomic E-state index is 12.8. The van der Waals surface area contributed by atoms with Crippen LogP contribution in [-0.2, 0) is 0 Å². The van der Waals surface area contributed by atoms with Crippen molar-refractivity contribution in [1.82, 2.24) is 0 Å². The number of hydrogen-bond acceptors (Lipinski definition) is 2. The van der Waals surface area contributed by atoms with E-state index >= 15 is 0 Å². The van der Waals surface area contributed by atoms with Gasteiger partial charge in [0, 0.05) is 18.2 Å². The molecule has 0 aliphatic rings. The summed E-state index contributed by atoms with van der Waals surface area (Å²) in [7, 11) is 1.74. The number of carbonyl (C=O) groups excluding carboxylic acids is 1.